The number of nitrogens with zero attached hydrogens (tertiary/aromatic N) is 7. The Balaban J connectivity index is 0.520. The zero-order valence-electron chi connectivity index (χ0n) is 60.3. The third-order valence-electron chi connectivity index (χ3n) is 22.1. The van der Waals surface area contributed by atoms with Gasteiger partial charge in [-0.2, -0.15) is 0 Å². The number of hydrogen-bond acceptors (Lipinski definition) is 8. The highest BCUT2D eigenvalue weighted by Gasteiger charge is 2.24. The molecule has 0 spiro atoms. The van der Waals surface area contributed by atoms with E-state index in [4.69, 9.17) is 24.9 Å². The molecule has 5 aromatic heterocycles. The van der Waals surface area contributed by atoms with Crippen LogP contribution in [0, 0.1) is 0 Å². The summed E-state index contributed by atoms with van der Waals surface area (Å²) in [6, 6.07) is 135. The van der Waals surface area contributed by atoms with E-state index in [1.165, 1.54) is 101 Å². The number of amidine groups is 2. The summed E-state index contributed by atoms with van der Waals surface area (Å²) in [6.07, 6.45) is -0.261. The molecular formula is C102H64N8S2. The molecule has 1 aliphatic heterocycles. The van der Waals surface area contributed by atoms with Gasteiger partial charge in [-0.3, -0.25) is 0 Å². The Kier molecular flexibility index (Phi) is 15.5. The van der Waals surface area contributed by atoms with Gasteiger partial charge >= 0.3 is 0 Å². The third-order valence-corrected chi connectivity index (χ3v) is 24.3. The van der Waals surface area contributed by atoms with Crippen molar-refractivity contribution in [2.75, 3.05) is 0 Å². The summed E-state index contributed by atoms with van der Waals surface area (Å²) in [4.78, 5) is 25.8. The largest absolute Gasteiger partial charge is 0.344 e. The van der Waals surface area contributed by atoms with Crippen molar-refractivity contribution >= 4 is 118 Å². The van der Waals surface area contributed by atoms with Crippen molar-refractivity contribution in [1.82, 2.24) is 29.4 Å². The second-order valence-electron chi connectivity index (χ2n) is 28.7. The highest BCUT2D eigenvalue weighted by atomic mass is 32.1. The van der Waals surface area contributed by atoms with E-state index in [9.17, 15) is 0 Å². The van der Waals surface area contributed by atoms with Crippen molar-refractivity contribution in [2.24, 2.45) is 9.98 Å². The first-order chi connectivity index (χ1) is 55.4. The van der Waals surface area contributed by atoms with E-state index < -0.39 is 0 Å². The van der Waals surface area contributed by atoms with Gasteiger partial charge in [0.15, 0.2) is 23.3 Å². The lowest BCUT2D eigenvalue weighted by atomic mass is 9.98. The quantitative estimate of drug-likeness (QED) is 0.125. The van der Waals surface area contributed by atoms with Gasteiger partial charge in [0.25, 0.3) is 0 Å². The molecule has 0 radical (unpaired) electrons. The van der Waals surface area contributed by atoms with Crippen molar-refractivity contribution in [3.63, 3.8) is 0 Å². The third kappa shape index (κ3) is 11.5. The molecule has 0 saturated carbocycles. The minimum absolute atomic E-state index is 0.261. The van der Waals surface area contributed by atoms with E-state index in [1.54, 1.807) is 11.3 Å². The molecule has 6 heterocycles. The van der Waals surface area contributed by atoms with Crippen LogP contribution in [0.2, 0.25) is 0 Å². The Morgan fingerprint density at radius 2 is 0.607 bits per heavy atom. The molecule has 112 heavy (non-hydrogen) atoms. The Hall–Kier alpha value is -14.3. The predicted octanol–water partition coefficient (Wildman–Crippen LogP) is 26.6. The highest BCUT2D eigenvalue weighted by Crippen LogP contribution is 2.44. The second kappa shape index (κ2) is 26.8. The van der Waals surface area contributed by atoms with Gasteiger partial charge in [-0.15, -0.1) is 22.7 Å². The topological polar surface area (TPSA) is 85.3 Å². The van der Waals surface area contributed by atoms with Crippen LogP contribution in [0.3, 0.4) is 0 Å². The summed E-state index contributed by atoms with van der Waals surface area (Å²) >= 11 is 3.61. The average molecular weight is 1470 g/mol. The maximum Gasteiger partial charge on any atom is 0.164 e. The summed E-state index contributed by atoms with van der Waals surface area (Å²) in [7, 11) is 0. The molecule has 0 fully saturated rings. The van der Waals surface area contributed by atoms with E-state index in [0.717, 1.165) is 89.4 Å². The summed E-state index contributed by atoms with van der Waals surface area (Å²) < 4.78 is 9.66. The number of fused-ring (bicyclic) bond motifs is 12. The van der Waals surface area contributed by atoms with E-state index in [0.29, 0.717) is 23.3 Å². The summed E-state index contributed by atoms with van der Waals surface area (Å²) in [6.45, 7) is 0. The smallest absolute Gasteiger partial charge is 0.164 e. The lowest BCUT2D eigenvalue weighted by Gasteiger charge is -2.23. The molecule has 1 aliphatic rings. The molecule has 0 aliphatic carbocycles. The molecule has 16 aromatic carbocycles. The minimum Gasteiger partial charge on any atom is -0.344 e. The van der Waals surface area contributed by atoms with Crippen LogP contribution in [0.25, 0.3) is 185 Å². The van der Waals surface area contributed by atoms with Gasteiger partial charge in [-0.05, 0) is 158 Å². The Morgan fingerprint density at radius 3 is 1.18 bits per heavy atom. The minimum atomic E-state index is -0.261. The van der Waals surface area contributed by atoms with Gasteiger partial charge in [-0.25, -0.2) is 24.9 Å². The lowest BCUT2D eigenvalue weighted by Crippen LogP contribution is -2.33. The standard InChI is InChI=1S/C102H64N8S2/c1-5-18-63(19-6-1)73-44-52-91-85(57-73)81-28-13-15-30-89(81)109(91)79-48-40-67(41-49-79)75-46-54-93-87(59-75)83-50-42-78(62-95(83)111-93)102-107-99(70-24-11-4-12-25-70)104-100(108-102)71-38-36-65(37-39-71)64-32-34-66(35-33-64)74-45-53-92-86(58-74)82-29-14-16-31-90(82)110(92)80-27-17-26-72(56-80)76-47-55-94-88(60-76)84-51-43-77(61-96(84)112-94)101-105-97(68-20-7-2-8-21-68)103-98(106-101)69-22-9-3-10-23-69/h1-62,97H,(H,103,105,106). The van der Waals surface area contributed by atoms with Crippen LogP contribution >= 0.6 is 22.7 Å². The molecule has 22 rings (SSSR count). The first-order valence-electron chi connectivity index (χ1n) is 37.8. The molecule has 1 atom stereocenters. The predicted molar refractivity (Wildman–Crippen MR) is 470 cm³/mol. The highest BCUT2D eigenvalue weighted by molar-refractivity contribution is 7.26. The van der Waals surface area contributed by atoms with Gasteiger partial charge in [0.2, 0.25) is 0 Å². The molecule has 1 unspecified atom stereocenters. The van der Waals surface area contributed by atoms with Crippen molar-refractivity contribution < 1.29 is 0 Å². The first-order valence-corrected chi connectivity index (χ1v) is 39.4. The normalized spacial score (nSPS) is 13.1. The number of aliphatic imine (C=N–C) groups is 2. The van der Waals surface area contributed by atoms with Crippen LogP contribution in [-0.4, -0.2) is 35.8 Å². The van der Waals surface area contributed by atoms with E-state index >= 15 is 0 Å². The summed E-state index contributed by atoms with van der Waals surface area (Å²) in [5.74, 6) is 3.41. The molecule has 524 valence electrons. The number of nitrogens with one attached hydrogen (secondary N) is 1. The Labute approximate surface area is 653 Å². The molecule has 0 bridgehead atoms. The van der Waals surface area contributed by atoms with E-state index in [2.05, 4.69) is 348 Å². The maximum absolute atomic E-state index is 5.23. The molecule has 0 saturated heterocycles. The van der Waals surface area contributed by atoms with Crippen LogP contribution in [0.4, 0.5) is 0 Å². The molecule has 10 heteroatoms. The molecular weight excluding hydrogens is 1400 g/mol. The van der Waals surface area contributed by atoms with Crippen LogP contribution < -0.4 is 5.32 Å². The van der Waals surface area contributed by atoms with Crippen molar-refractivity contribution in [1.29, 1.82) is 0 Å². The van der Waals surface area contributed by atoms with Crippen LogP contribution in [0.15, 0.2) is 386 Å². The number of rotatable bonds is 13. The Bertz CT molecular complexity index is 7370. The molecule has 21 aromatic rings. The maximum atomic E-state index is 5.23. The van der Waals surface area contributed by atoms with E-state index in [-0.39, 0.29) is 6.17 Å². The van der Waals surface area contributed by atoms with Gasteiger partial charge in [0.1, 0.15) is 12.0 Å². The second-order valence-corrected chi connectivity index (χ2v) is 30.9. The van der Waals surface area contributed by atoms with Crippen molar-refractivity contribution in [2.45, 2.75) is 6.17 Å². The molecule has 0 amide bonds. The lowest BCUT2D eigenvalue weighted by molar-refractivity contribution is 0.674. The first kappa shape index (κ1) is 64.8. The fourth-order valence-electron chi connectivity index (χ4n) is 16.5. The van der Waals surface area contributed by atoms with E-state index in [1.807, 2.05) is 53.8 Å². The zero-order valence-corrected chi connectivity index (χ0v) is 62.0. The SMILES string of the molecule is c1ccc(C2=NC(c3ccc4c(c3)sc3ccc(-c5cccc(-n6c7ccccc7c7cc(-c8ccc(-c9ccc(-c%10nc(-c%11ccccc%11)nc(-c%11ccc%12c(c%11)sc%11ccc(-c%13ccc(-n%14c%15ccccc%15c%15cc(-c%16ccccc%16)ccc%15%14)cc%13)cc%11%12)n%10)cc9)cc8)ccc76)c5)cc34)=NC(c3ccccc3)N2)cc1. The Morgan fingerprint density at radius 1 is 0.232 bits per heavy atom. The number of aromatic nitrogens is 5. The van der Waals surface area contributed by atoms with Crippen molar-refractivity contribution in [3.05, 3.63) is 393 Å². The van der Waals surface area contributed by atoms with Crippen LogP contribution in [-0.2, 0) is 0 Å². The fourth-order valence-corrected chi connectivity index (χ4v) is 18.7. The number of hydrogen-bond donors (Lipinski definition) is 1. The summed E-state index contributed by atoms with van der Waals surface area (Å²) in [5, 5.41) is 13.4. The van der Waals surface area contributed by atoms with Crippen molar-refractivity contribution in [3.8, 4) is 101 Å². The summed E-state index contributed by atoms with van der Waals surface area (Å²) in [5.41, 5.74) is 24.5. The zero-order chi connectivity index (χ0) is 73.7. The fraction of sp³-hybridized carbons (Fsp3) is 0.00980. The number of thiophene rings is 2. The van der Waals surface area contributed by atoms with Gasteiger partial charge < -0.3 is 14.5 Å². The number of benzene rings is 16. The van der Waals surface area contributed by atoms with Gasteiger partial charge in [-0.1, -0.05) is 279 Å². The average Bonchev–Trinajstić information content (AvgIpc) is 1.60. The van der Waals surface area contributed by atoms with Gasteiger partial charge in [0.05, 0.1) is 22.1 Å². The monoisotopic (exact) mass is 1460 g/mol. The van der Waals surface area contributed by atoms with Crippen LogP contribution in [0.1, 0.15) is 22.9 Å². The molecule has 1 N–H and O–H groups in total. The molecule has 8 nitrogen and oxygen atoms in total. The van der Waals surface area contributed by atoms with Crippen LogP contribution in [0.5, 0.6) is 0 Å². The van der Waals surface area contributed by atoms with Gasteiger partial charge in [0, 0.05) is 101 Å². The number of para-hydroxylation sites is 2.